The van der Waals surface area contributed by atoms with Crippen molar-refractivity contribution in [3.8, 4) is 17.2 Å². The molecule has 0 bridgehead atoms. The third-order valence-corrected chi connectivity index (χ3v) is 3.37. The molecule has 1 heterocycles. The van der Waals surface area contributed by atoms with Crippen molar-refractivity contribution in [1.82, 2.24) is 0 Å². The van der Waals surface area contributed by atoms with Gasteiger partial charge >= 0.3 is 0 Å². The maximum Gasteiger partial charge on any atom is 0.255 e. The highest BCUT2D eigenvalue weighted by Gasteiger charge is 2.16. The van der Waals surface area contributed by atoms with Gasteiger partial charge in [0.1, 0.15) is 5.75 Å². The summed E-state index contributed by atoms with van der Waals surface area (Å²) in [5, 5.41) is 2.87. The topological polar surface area (TPSA) is 56.8 Å². The van der Waals surface area contributed by atoms with Gasteiger partial charge in [-0.3, -0.25) is 4.79 Å². The summed E-state index contributed by atoms with van der Waals surface area (Å²) >= 11 is 0. The van der Waals surface area contributed by atoms with E-state index in [9.17, 15) is 4.79 Å². The summed E-state index contributed by atoms with van der Waals surface area (Å²) in [5.74, 6) is 1.88. The average molecular weight is 299 g/mol. The molecule has 1 amide bonds. The van der Waals surface area contributed by atoms with E-state index in [0.717, 1.165) is 17.0 Å². The number of rotatable bonds is 4. The highest BCUT2D eigenvalue weighted by atomic mass is 16.7. The van der Waals surface area contributed by atoms with E-state index in [4.69, 9.17) is 14.2 Å². The summed E-state index contributed by atoms with van der Waals surface area (Å²) < 4.78 is 16.0. The maximum atomic E-state index is 12.3. The molecule has 3 rings (SSSR count). The van der Waals surface area contributed by atoms with Crippen LogP contribution in [0.4, 0.5) is 5.69 Å². The molecule has 0 aromatic heterocycles. The molecule has 1 N–H and O–H groups in total. The van der Waals surface area contributed by atoms with Crippen molar-refractivity contribution >= 4 is 11.6 Å². The molecule has 5 heteroatoms. The van der Waals surface area contributed by atoms with Crippen molar-refractivity contribution in [3.05, 3.63) is 47.5 Å². The lowest BCUT2D eigenvalue weighted by Gasteiger charge is -2.10. The second-order valence-electron chi connectivity index (χ2n) is 4.94. The lowest BCUT2D eigenvalue weighted by atomic mass is 10.1. The van der Waals surface area contributed by atoms with E-state index < -0.39 is 0 Å². The van der Waals surface area contributed by atoms with Crippen molar-refractivity contribution in [2.24, 2.45) is 0 Å². The fourth-order valence-corrected chi connectivity index (χ4v) is 2.29. The van der Waals surface area contributed by atoms with Crippen molar-refractivity contribution in [1.29, 1.82) is 0 Å². The summed E-state index contributed by atoms with van der Waals surface area (Å²) in [4.78, 5) is 12.3. The summed E-state index contributed by atoms with van der Waals surface area (Å²) in [6.07, 6.45) is 0. The normalized spacial score (nSPS) is 12.1. The van der Waals surface area contributed by atoms with Gasteiger partial charge < -0.3 is 19.5 Å². The molecule has 0 radical (unpaired) electrons. The number of carbonyl (C=O) groups excluding carboxylic acids is 1. The number of fused-ring (bicyclic) bond motifs is 1. The predicted octanol–water partition coefficient (Wildman–Crippen LogP) is 3.37. The molecule has 114 valence electrons. The largest absolute Gasteiger partial charge is 0.494 e. The van der Waals surface area contributed by atoms with Crippen LogP contribution >= 0.6 is 0 Å². The fourth-order valence-electron chi connectivity index (χ4n) is 2.29. The number of anilines is 1. The van der Waals surface area contributed by atoms with Gasteiger partial charge in [0.2, 0.25) is 6.79 Å². The first-order chi connectivity index (χ1) is 10.7. The molecule has 0 fully saturated rings. The van der Waals surface area contributed by atoms with E-state index in [2.05, 4.69) is 5.32 Å². The van der Waals surface area contributed by atoms with E-state index >= 15 is 0 Å². The Bertz CT molecular complexity index is 712. The molecule has 0 unspecified atom stereocenters. The van der Waals surface area contributed by atoms with Crippen LogP contribution in [-0.2, 0) is 0 Å². The maximum absolute atomic E-state index is 12.3. The van der Waals surface area contributed by atoms with E-state index in [1.807, 2.05) is 32.0 Å². The number of carbonyl (C=O) groups is 1. The highest BCUT2D eigenvalue weighted by molar-refractivity contribution is 6.04. The minimum absolute atomic E-state index is 0.193. The highest BCUT2D eigenvalue weighted by Crippen LogP contribution is 2.32. The lowest BCUT2D eigenvalue weighted by Crippen LogP contribution is -2.12. The van der Waals surface area contributed by atoms with Gasteiger partial charge in [0.15, 0.2) is 11.5 Å². The number of amides is 1. The number of nitrogens with one attached hydrogen (secondary N) is 1. The summed E-state index contributed by atoms with van der Waals surface area (Å²) in [7, 11) is 0. The number of hydrogen-bond donors (Lipinski definition) is 1. The molecule has 0 spiro atoms. The quantitative estimate of drug-likeness (QED) is 0.940. The molecular weight excluding hydrogens is 282 g/mol. The molecule has 0 atom stereocenters. The van der Waals surface area contributed by atoms with Gasteiger partial charge in [-0.1, -0.05) is 0 Å². The number of benzene rings is 2. The van der Waals surface area contributed by atoms with E-state index in [1.54, 1.807) is 18.2 Å². The molecule has 0 aliphatic carbocycles. The molecule has 1 aliphatic rings. The van der Waals surface area contributed by atoms with Crippen molar-refractivity contribution in [2.75, 3.05) is 18.7 Å². The Kier molecular flexibility index (Phi) is 3.87. The van der Waals surface area contributed by atoms with Gasteiger partial charge in [-0.15, -0.1) is 0 Å². The third-order valence-electron chi connectivity index (χ3n) is 3.37. The molecule has 2 aromatic rings. The van der Waals surface area contributed by atoms with Crippen LogP contribution in [0.15, 0.2) is 36.4 Å². The smallest absolute Gasteiger partial charge is 0.255 e. The Morgan fingerprint density at radius 3 is 2.77 bits per heavy atom. The minimum Gasteiger partial charge on any atom is -0.494 e. The Balaban J connectivity index is 1.75. The third kappa shape index (κ3) is 2.83. The Morgan fingerprint density at radius 1 is 1.18 bits per heavy atom. The zero-order valence-electron chi connectivity index (χ0n) is 12.5. The first kappa shape index (κ1) is 14.3. The van der Waals surface area contributed by atoms with Gasteiger partial charge in [0.05, 0.1) is 6.61 Å². The first-order valence-corrected chi connectivity index (χ1v) is 7.12. The van der Waals surface area contributed by atoms with Crippen LogP contribution in [0.5, 0.6) is 17.2 Å². The summed E-state index contributed by atoms with van der Waals surface area (Å²) in [5.41, 5.74) is 2.23. The fraction of sp³-hybridized carbons (Fsp3) is 0.235. The second-order valence-corrected chi connectivity index (χ2v) is 4.94. The lowest BCUT2D eigenvalue weighted by molar-refractivity contribution is 0.102. The summed E-state index contributed by atoms with van der Waals surface area (Å²) in [6.45, 7) is 4.69. The molecule has 2 aromatic carbocycles. The van der Waals surface area contributed by atoms with Crippen molar-refractivity contribution < 1.29 is 19.0 Å². The Labute approximate surface area is 128 Å². The van der Waals surface area contributed by atoms with Crippen LogP contribution in [0.1, 0.15) is 22.8 Å². The summed E-state index contributed by atoms with van der Waals surface area (Å²) in [6, 6.07) is 10.7. The monoisotopic (exact) mass is 299 g/mol. The zero-order chi connectivity index (χ0) is 15.5. The van der Waals surface area contributed by atoms with Gasteiger partial charge in [0.25, 0.3) is 5.91 Å². The van der Waals surface area contributed by atoms with Gasteiger partial charge in [-0.05, 0) is 55.8 Å². The first-order valence-electron chi connectivity index (χ1n) is 7.12. The van der Waals surface area contributed by atoms with Crippen molar-refractivity contribution in [2.45, 2.75) is 13.8 Å². The minimum atomic E-state index is -0.193. The number of ether oxygens (including phenoxy) is 3. The van der Waals surface area contributed by atoms with E-state index in [1.165, 1.54) is 0 Å². The zero-order valence-corrected chi connectivity index (χ0v) is 12.5. The number of aryl methyl sites for hydroxylation is 1. The Morgan fingerprint density at radius 2 is 2.00 bits per heavy atom. The van der Waals surface area contributed by atoms with Crippen LogP contribution in [0.2, 0.25) is 0 Å². The SMILES string of the molecule is CCOc1ccc(NC(=O)c2ccc3c(c2)OCO3)cc1C. The molecule has 22 heavy (non-hydrogen) atoms. The van der Waals surface area contributed by atoms with Crippen LogP contribution in [-0.4, -0.2) is 19.3 Å². The van der Waals surface area contributed by atoms with E-state index in [0.29, 0.717) is 23.7 Å². The second kappa shape index (κ2) is 5.97. The van der Waals surface area contributed by atoms with Crippen LogP contribution < -0.4 is 19.5 Å². The van der Waals surface area contributed by atoms with E-state index in [-0.39, 0.29) is 12.7 Å². The average Bonchev–Trinajstić information content (AvgIpc) is 2.97. The molecular formula is C17H17NO4. The molecule has 0 saturated carbocycles. The number of hydrogen-bond acceptors (Lipinski definition) is 4. The standard InChI is InChI=1S/C17H17NO4/c1-3-20-14-7-5-13(8-11(14)2)18-17(19)12-4-6-15-16(9-12)22-10-21-15/h4-9H,3,10H2,1-2H3,(H,18,19). The van der Waals surface area contributed by atoms with Crippen molar-refractivity contribution in [3.63, 3.8) is 0 Å². The van der Waals surface area contributed by atoms with Crippen LogP contribution in [0.3, 0.4) is 0 Å². The predicted molar refractivity (Wildman–Crippen MR) is 82.9 cm³/mol. The molecule has 1 aliphatic heterocycles. The van der Waals surface area contributed by atoms with Crippen LogP contribution in [0, 0.1) is 6.92 Å². The van der Waals surface area contributed by atoms with Crippen LogP contribution in [0.25, 0.3) is 0 Å². The molecule has 0 saturated heterocycles. The van der Waals surface area contributed by atoms with Gasteiger partial charge in [-0.25, -0.2) is 0 Å². The molecule has 5 nitrogen and oxygen atoms in total. The van der Waals surface area contributed by atoms with Gasteiger partial charge in [-0.2, -0.15) is 0 Å². The van der Waals surface area contributed by atoms with Gasteiger partial charge in [0, 0.05) is 11.3 Å². The Hall–Kier alpha value is -2.69.